The third kappa shape index (κ3) is 4.86. The van der Waals surface area contributed by atoms with Crippen LogP contribution < -0.4 is 15.8 Å². The molecule has 0 aliphatic rings. The van der Waals surface area contributed by atoms with Crippen LogP contribution in [0.5, 0.6) is 5.75 Å². The number of ether oxygens (including phenoxy) is 1. The first-order chi connectivity index (χ1) is 9.72. The fraction of sp³-hybridized carbons (Fsp3) is 0.385. The molecule has 0 aliphatic heterocycles. The van der Waals surface area contributed by atoms with Gasteiger partial charge in [-0.25, -0.2) is 0 Å². The van der Waals surface area contributed by atoms with Crippen LogP contribution in [-0.2, 0) is 4.79 Å². The summed E-state index contributed by atoms with van der Waals surface area (Å²) in [5.74, 6) is -2.09. The fourth-order valence-corrected chi connectivity index (χ4v) is 1.84. The maximum Gasteiger partial charge on any atom is 0.387 e. The quantitative estimate of drug-likeness (QED) is 0.843. The zero-order valence-corrected chi connectivity index (χ0v) is 12.2. The number of carbonyl (C=O) groups is 2. The second-order valence-corrected chi connectivity index (χ2v) is 5.05. The summed E-state index contributed by atoms with van der Waals surface area (Å²) in [7, 11) is 0. The van der Waals surface area contributed by atoms with Crippen molar-refractivity contribution in [3.05, 3.63) is 28.8 Å². The molecule has 0 aliphatic carbocycles. The molecule has 1 rings (SSSR count). The summed E-state index contributed by atoms with van der Waals surface area (Å²) in [5.41, 5.74) is 4.98. The Bertz CT molecular complexity index is 538. The monoisotopic (exact) mass is 320 g/mol. The SMILES string of the molecule is CC(C)[C@@H](NC(=O)c1cc(Cl)ccc1OC(F)F)C(N)=O. The second kappa shape index (κ2) is 7.21. The van der Waals surface area contributed by atoms with Gasteiger partial charge in [0.1, 0.15) is 11.8 Å². The van der Waals surface area contributed by atoms with Gasteiger partial charge in [-0.3, -0.25) is 9.59 Å². The van der Waals surface area contributed by atoms with Crippen LogP contribution >= 0.6 is 11.6 Å². The first-order valence-corrected chi connectivity index (χ1v) is 6.44. The minimum atomic E-state index is -3.09. The van der Waals surface area contributed by atoms with E-state index in [0.29, 0.717) is 0 Å². The summed E-state index contributed by atoms with van der Waals surface area (Å²) in [6.07, 6.45) is 0. The number of hydrogen-bond donors (Lipinski definition) is 2. The summed E-state index contributed by atoms with van der Waals surface area (Å²) in [4.78, 5) is 23.4. The largest absolute Gasteiger partial charge is 0.434 e. The molecule has 116 valence electrons. The lowest BCUT2D eigenvalue weighted by molar-refractivity contribution is -0.120. The van der Waals surface area contributed by atoms with E-state index in [1.165, 1.54) is 12.1 Å². The van der Waals surface area contributed by atoms with Crippen molar-refractivity contribution >= 4 is 23.4 Å². The third-order valence-electron chi connectivity index (χ3n) is 2.66. The van der Waals surface area contributed by atoms with Gasteiger partial charge in [-0.2, -0.15) is 8.78 Å². The molecule has 1 aromatic carbocycles. The molecule has 3 N–H and O–H groups in total. The standard InChI is InChI=1S/C13H15ClF2N2O3/c1-6(2)10(11(17)19)18-12(20)8-5-7(14)3-4-9(8)21-13(15)16/h3-6,10,13H,1-2H3,(H2,17,19)(H,18,20)/t10-/m1/s1. The molecule has 0 bridgehead atoms. The van der Waals surface area contributed by atoms with Gasteiger partial charge in [0.25, 0.3) is 5.91 Å². The number of amides is 2. The van der Waals surface area contributed by atoms with Crippen molar-refractivity contribution in [3.63, 3.8) is 0 Å². The van der Waals surface area contributed by atoms with Gasteiger partial charge < -0.3 is 15.8 Å². The average molecular weight is 321 g/mol. The summed E-state index contributed by atoms with van der Waals surface area (Å²) in [6, 6.07) is 2.70. The van der Waals surface area contributed by atoms with E-state index in [2.05, 4.69) is 10.1 Å². The second-order valence-electron chi connectivity index (χ2n) is 4.62. The van der Waals surface area contributed by atoms with Crippen molar-refractivity contribution in [3.8, 4) is 5.75 Å². The van der Waals surface area contributed by atoms with Gasteiger partial charge in [0, 0.05) is 5.02 Å². The minimum absolute atomic E-state index is 0.168. The summed E-state index contributed by atoms with van der Waals surface area (Å²) in [5, 5.41) is 2.54. The van der Waals surface area contributed by atoms with Crippen LogP contribution in [-0.4, -0.2) is 24.5 Å². The maximum absolute atomic E-state index is 12.3. The number of alkyl halides is 2. The Balaban J connectivity index is 3.05. The number of hydrogen-bond acceptors (Lipinski definition) is 3. The van der Waals surface area contributed by atoms with Gasteiger partial charge in [-0.15, -0.1) is 0 Å². The van der Waals surface area contributed by atoms with Gasteiger partial charge in [0.15, 0.2) is 0 Å². The van der Waals surface area contributed by atoms with Crippen LogP contribution in [0.1, 0.15) is 24.2 Å². The Morgan fingerprint density at radius 1 is 1.33 bits per heavy atom. The predicted octanol–water partition coefficient (Wildman–Crippen LogP) is 2.18. The number of nitrogens with one attached hydrogen (secondary N) is 1. The van der Waals surface area contributed by atoms with Crippen LogP contribution in [0.2, 0.25) is 5.02 Å². The molecule has 0 aromatic heterocycles. The lowest BCUT2D eigenvalue weighted by Crippen LogP contribution is -2.47. The molecule has 0 saturated carbocycles. The van der Waals surface area contributed by atoms with Crippen LogP contribution in [0.15, 0.2) is 18.2 Å². The predicted molar refractivity (Wildman–Crippen MR) is 73.4 cm³/mol. The van der Waals surface area contributed by atoms with E-state index < -0.39 is 24.5 Å². The first kappa shape index (κ1) is 17.2. The molecule has 0 unspecified atom stereocenters. The molecule has 2 amide bonds. The van der Waals surface area contributed by atoms with Crippen molar-refractivity contribution in [1.29, 1.82) is 0 Å². The molecule has 21 heavy (non-hydrogen) atoms. The normalized spacial score (nSPS) is 12.3. The number of nitrogens with two attached hydrogens (primary N) is 1. The van der Waals surface area contributed by atoms with Gasteiger partial charge >= 0.3 is 6.61 Å². The Hall–Kier alpha value is -1.89. The number of carbonyl (C=O) groups excluding carboxylic acids is 2. The summed E-state index contributed by atoms with van der Waals surface area (Å²) < 4.78 is 28.9. The highest BCUT2D eigenvalue weighted by Crippen LogP contribution is 2.24. The van der Waals surface area contributed by atoms with Crippen molar-refractivity contribution < 1.29 is 23.1 Å². The maximum atomic E-state index is 12.3. The number of primary amides is 1. The van der Waals surface area contributed by atoms with Crippen molar-refractivity contribution in [2.45, 2.75) is 26.5 Å². The van der Waals surface area contributed by atoms with E-state index in [0.717, 1.165) is 6.07 Å². The zero-order valence-electron chi connectivity index (χ0n) is 11.4. The number of halogens is 3. The van der Waals surface area contributed by atoms with Gasteiger partial charge in [0.05, 0.1) is 5.56 Å². The molecule has 0 fully saturated rings. The van der Waals surface area contributed by atoms with E-state index in [4.69, 9.17) is 17.3 Å². The van der Waals surface area contributed by atoms with Crippen molar-refractivity contribution in [1.82, 2.24) is 5.32 Å². The van der Waals surface area contributed by atoms with Gasteiger partial charge in [-0.05, 0) is 24.1 Å². The van der Waals surface area contributed by atoms with E-state index in [9.17, 15) is 18.4 Å². The molecular formula is C13H15ClF2N2O3. The minimum Gasteiger partial charge on any atom is -0.434 e. The topological polar surface area (TPSA) is 81.4 Å². The molecule has 0 saturated heterocycles. The fourth-order valence-electron chi connectivity index (χ4n) is 1.66. The van der Waals surface area contributed by atoms with Crippen LogP contribution in [0.4, 0.5) is 8.78 Å². The molecular weight excluding hydrogens is 306 g/mol. The Kier molecular flexibility index (Phi) is 5.90. The summed E-state index contributed by atoms with van der Waals surface area (Å²) in [6.45, 7) is 0.281. The molecule has 0 spiro atoms. The third-order valence-corrected chi connectivity index (χ3v) is 2.90. The van der Waals surface area contributed by atoms with Gasteiger partial charge in [-0.1, -0.05) is 25.4 Å². The smallest absolute Gasteiger partial charge is 0.387 e. The summed E-state index contributed by atoms with van der Waals surface area (Å²) >= 11 is 5.74. The van der Waals surface area contributed by atoms with E-state index in [1.807, 2.05) is 0 Å². The van der Waals surface area contributed by atoms with Crippen LogP contribution in [0.25, 0.3) is 0 Å². The molecule has 1 atom stereocenters. The van der Waals surface area contributed by atoms with Crippen molar-refractivity contribution in [2.24, 2.45) is 11.7 Å². The Morgan fingerprint density at radius 3 is 2.43 bits per heavy atom. The highest BCUT2D eigenvalue weighted by molar-refractivity contribution is 6.31. The molecule has 0 heterocycles. The van der Waals surface area contributed by atoms with Gasteiger partial charge in [0.2, 0.25) is 5.91 Å². The zero-order chi connectivity index (χ0) is 16.2. The molecule has 5 nitrogen and oxygen atoms in total. The highest BCUT2D eigenvalue weighted by Gasteiger charge is 2.24. The van der Waals surface area contributed by atoms with E-state index in [1.54, 1.807) is 13.8 Å². The van der Waals surface area contributed by atoms with Crippen molar-refractivity contribution in [2.75, 3.05) is 0 Å². The number of rotatable bonds is 6. The number of benzene rings is 1. The lowest BCUT2D eigenvalue weighted by atomic mass is 10.0. The Labute approximate surface area is 125 Å². The molecule has 0 radical (unpaired) electrons. The van der Waals surface area contributed by atoms with Crippen LogP contribution in [0.3, 0.4) is 0 Å². The van der Waals surface area contributed by atoms with E-state index >= 15 is 0 Å². The highest BCUT2D eigenvalue weighted by atomic mass is 35.5. The molecule has 1 aromatic rings. The van der Waals surface area contributed by atoms with Crippen LogP contribution in [0, 0.1) is 5.92 Å². The lowest BCUT2D eigenvalue weighted by Gasteiger charge is -2.20. The average Bonchev–Trinajstić information content (AvgIpc) is 2.36. The Morgan fingerprint density at radius 2 is 1.95 bits per heavy atom. The first-order valence-electron chi connectivity index (χ1n) is 6.07. The van der Waals surface area contributed by atoms with E-state index in [-0.39, 0.29) is 22.3 Å². The molecule has 8 heteroatoms.